The molecule has 1 unspecified atom stereocenters. The second-order valence-electron chi connectivity index (χ2n) is 6.01. The van der Waals surface area contributed by atoms with Crippen molar-refractivity contribution in [1.29, 1.82) is 0 Å². The summed E-state index contributed by atoms with van der Waals surface area (Å²) in [5.74, 6) is -1.78. The zero-order valence-corrected chi connectivity index (χ0v) is 14.4. The molecule has 0 spiro atoms. The molecule has 0 radical (unpaired) electrons. The summed E-state index contributed by atoms with van der Waals surface area (Å²) < 4.78 is 57.3. The number of rotatable bonds is 3. The quantitative estimate of drug-likeness (QED) is 0.707. The third-order valence-corrected chi connectivity index (χ3v) is 6.35. The molecule has 1 aromatic carbocycles. The molecule has 5 nitrogen and oxygen atoms in total. The van der Waals surface area contributed by atoms with Crippen molar-refractivity contribution in [2.45, 2.75) is 17.5 Å². The molecular weight excluding hydrogens is 360 g/mol. The van der Waals surface area contributed by atoms with Gasteiger partial charge in [0.15, 0.2) is 0 Å². The fourth-order valence-corrected chi connectivity index (χ4v) is 4.95. The minimum Gasteiger partial charge on any atom is -0.348 e. The molecule has 26 heavy (non-hydrogen) atoms. The minimum atomic E-state index is -4.26. The molecule has 1 aliphatic rings. The van der Waals surface area contributed by atoms with E-state index in [9.17, 15) is 17.2 Å². The molecule has 0 saturated heterocycles. The van der Waals surface area contributed by atoms with Crippen LogP contribution >= 0.6 is 0 Å². The van der Waals surface area contributed by atoms with Crippen LogP contribution in [-0.2, 0) is 16.6 Å². The van der Waals surface area contributed by atoms with Gasteiger partial charge in [-0.05, 0) is 42.0 Å². The van der Waals surface area contributed by atoms with E-state index in [-0.39, 0.29) is 6.54 Å². The van der Waals surface area contributed by atoms with Crippen molar-refractivity contribution in [3.63, 3.8) is 0 Å². The van der Waals surface area contributed by atoms with Gasteiger partial charge in [-0.2, -0.15) is 4.31 Å². The lowest BCUT2D eigenvalue weighted by Crippen LogP contribution is -2.42. The summed E-state index contributed by atoms with van der Waals surface area (Å²) >= 11 is 0. The highest BCUT2D eigenvalue weighted by atomic mass is 32.2. The maximum absolute atomic E-state index is 14.2. The van der Waals surface area contributed by atoms with E-state index >= 15 is 0 Å². The Balaban J connectivity index is 1.88. The lowest BCUT2D eigenvalue weighted by molar-refractivity contribution is 0.296. The molecule has 0 aliphatic carbocycles. The van der Waals surface area contributed by atoms with Crippen molar-refractivity contribution in [3.8, 4) is 0 Å². The van der Waals surface area contributed by atoms with Crippen LogP contribution in [0.3, 0.4) is 0 Å². The van der Waals surface area contributed by atoms with Gasteiger partial charge in [-0.3, -0.25) is 4.98 Å². The number of hydrogen-bond acceptors (Lipinski definition) is 3. The maximum atomic E-state index is 14.2. The molecule has 0 amide bonds. The fourth-order valence-electron chi connectivity index (χ4n) is 3.30. The highest BCUT2D eigenvalue weighted by molar-refractivity contribution is 7.89. The molecule has 2 aromatic heterocycles. The smallest absolute Gasteiger partial charge is 0.247 e. The Labute approximate surface area is 149 Å². The number of hydrogen-bond donors (Lipinski definition) is 0. The van der Waals surface area contributed by atoms with Crippen molar-refractivity contribution in [2.24, 2.45) is 0 Å². The maximum Gasteiger partial charge on any atom is 0.247 e. The van der Waals surface area contributed by atoms with Gasteiger partial charge in [0.25, 0.3) is 0 Å². The van der Waals surface area contributed by atoms with Crippen LogP contribution in [0.15, 0.2) is 66.0 Å². The number of nitrogens with zero attached hydrogens (tertiary/aromatic N) is 3. The molecule has 1 atom stereocenters. The summed E-state index contributed by atoms with van der Waals surface area (Å²) in [5.41, 5.74) is 1.41. The molecule has 0 N–H and O–H groups in total. The lowest BCUT2D eigenvalue weighted by Gasteiger charge is -2.36. The highest BCUT2D eigenvalue weighted by Crippen LogP contribution is 2.36. The summed E-state index contributed by atoms with van der Waals surface area (Å²) in [4.78, 5) is 3.41. The van der Waals surface area contributed by atoms with Crippen LogP contribution in [0, 0.1) is 11.6 Å². The monoisotopic (exact) mass is 375 g/mol. The molecule has 3 heterocycles. The largest absolute Gasteiger partial charge is 0.348 e. The second kappa shape index (κ2) is 6.30. The standard InChI is InChI=1S/C18H15F2N3O2S/c19-14-5-6-15(20)17(11-14)26(24,25)23-10-9-22-8-2-4-16(22)18(23)13-3-1-7-21-12-13/h1-8,11-12,18H,9-10H2. The van der Waals surface area contributed by atoms with Crippen molar-refractivity contribution in [3.05, 3.63) is 83.9 Å². The van der Waals surface area contributed by atoms with Crippen LogP contribution in [0.5, 0.6) is 0 Å². The van der Waals surface area contributed by atoms with Gasteiger partial charge in [0.2, 0.25) is 10.0 Å². The Morgan fingerprint density at radius 2 is 1.92 bits per heavy atom. The molecule has 0 fully saturated rings. The minimum absolute atomic E-state index is 0.138. The van der Waals surface area contributed by atoms with Gasteiger partial charge in [0, 0.05) is 37.4 Å². The lowest BCUT2D eigenvalue weighted by atomic mass is 10.0. The third-order valence-electron chi connectivity index (χ3n) is 4.47. The first-order chi connectivity index (χ1) is 12.5. The van der Waals surface area contributed by atoms with Crippen LogP contribution in [0.2, 0.25) is 0 Å². The van der Waals surface area contributed by atoms with E-state index in [4.69, 9.17) is 0 Å². The molecular formula is C18H15F2N3O2S. The van der Waals surface area contributed by atoms with Crippen molar-refractivity contribution in [1.82, 2.24) is 13.9 Å². The van der Waals surface area contributed by atoms with E-state index in [2.05, 4.69) is 4.98 Å². The number of pyridine rings is 1. The number of halogens is 2. The summed E-state index contributed by atoms with van der Waals surface area (Å²) in [7, 11) is -4.26. The first kappa shape index (κ1) is 16.9. The van der Waals surface area contributed by atoms with E-state index < -0.39 is 32.6 Å². The summed E-state index contributed by atoms with van der Waals surface area (Å²) in [6.45, 7) is 0.564. The van der Waals surface area contributed by atoms with Crippen molar-refractivity contribution in [2.75, 3.05) is 6.54 Å². The van der Waals surface area contributed by atoms with Crippen molar-refractivity contribution >= 4 is 10.0 Å². The average Bonchev–Trinajstić information content (AvgIpc) is 3.12. The topological polar surface area (TPSA) is 55.2 Å². The van der Waals surface area contributed by atoms with Gasteiger partial charge >= 0.3 is 0 Å². The summed E-state index contributed by atoms with van der Waals surface area (Å²) in [6.07, 6.45) is 5.04. The fraction of sp³-hybridized carbons (Fsp3) is 0.167. The first-order valence-electron chi connectivity index (χ1n) is 8.00. The summed E-state index contributed by atoms with van der Waals surface area (Å²) in [5, 5.41) is 0. The number of aromatic nitrogens is 2. The Kier molecular flexibility index (Phi) is 4.08. The summed E-state index contributed by atoms with van der Waals surface area (Å²) in [6, 6.07) is 8.91. The predicted octanol–water partition coefficient (Wildman–Crippen LogP) is 2.96. The molecule has 0 saturated carbocycles. The SMILES string of the molecule is O=S(=O)(c1cc(F)ccc1F)N1CCn2cccc2C1c1cccnc1. The van der Waals surface area contributed by atoms with Crippen LogP contribution in [-0.4, -0.2) is 28.8 Å². The predicted molar refractivity (Wildman–Crippen MR) is 90.8 cm³/mol. The zero-order valence-electron chi connectivity index (χ0n) is 13.6. The van der Waals surface area contributed by atoms with Gasteiger partial charge in [0.1, 0.15) is 16.5 Å². The molecule has 0 bridgehead atoms. The van der Waals surface area contributed by atoms with E-state index in [0.717, 1.165) is 23.9 Å². The van der Waals surface area contributed by atoms with Gasteiger partial charge in [-0.1, -0.05) is 6.07 Å². The van der Waals surface area contributed by atoms with E-state index in [1.54, 1.807) is 24.5 Å². The van der Waals surface area contributed by atoms with Gasteiger partial charge < -0.3 is 4.57 Å². The third kappa shape index (κ3) is 2.71. The van der Waals surface area contributed by atoms with E-state index in [1.165, 1.54) is 4.31 Å². The molecule has 134 valence electrons. The highest BCUT2D eigenvalue weighted by Gasteiger charge is 2.39. The second-order valence-corrected chi connectivity index (χ2v) is 7.86. The Morgan fingerprint density at radius 3 is 2.69 bits per heavy atom. The molecule has 8 heteroatoms. The van der Waals surface area contributed by atoms with Gasteiger partial charge in [-0.25, -0.2) is 17.2 Å². The molecule has 1 aliphatic heterocycles. The van der Waals surface area contributed by atoms with Gasteiger partial charge in [-0.15, -0.1) is 0 Å². The normalized spacial score (nSPS) is 17.8. The van der Waals surface area contributed by atoms with Gasteiger partial charge in [0.05, 0.1) is 6.04 Å². The van der Waals surface area contributed by atoms with Crippen molar-refractivity contribution < 1.29 is 17.2 Å². The Hall–Kier alpha value is -2.58. The van der Waals surface area contributed by atoms with Crippen LogP contribution in [0.1, 0.15) is 17.3 Å². The van der Waals surface area contributed by atoms with Crippen LogP contribution < -0.4 is 0 Å². The zero-order chi connectivity index (χ0) is 18.3. The number of benzene rings is 1. The number of sulfonamides is 1. The average molecular weight is 375 g/mol. The number of fused-ring (bicyclic) bond motifs is 1. The Morgan fingerprint density at radius 1 is 1.08 bits per heavy atom. The van der Waals surface area contributed by atoms with E-state index in [1.807, 2.05) is 22.9 Å². The van der Waals surface area contributed by atoms with Crippen LogP contribution in [0.4, 0.5) is 8.78 Å². The molecule has 4 rings (SSSR count). The first-order valence-corrected chi connectivity index (χ1v) is 9.44. The van der Waals surface area contributed by atoms with E-state index in [0.29, 0.717) is 12.1 Å². The van der Waals surface area contributed by atoms with Crippen LogP contribution in [0.25, 0.3) is 0 Å². The molecule has 3 aromatic rings. The Bertz CT molecular complexity index is 1050.